The summed E-state index contributed by atoms with van der Waals surface area (Å²) in [5.74, 6) is -0.0698. The number of hydrogen-bond donors (Lipinski definition) is 3. The number of nitrogens with one attached hydrogen (secondary N) is 1. The van der Waals surface area contributed by atoms with Crippen molar-refractivity contribution in [2.24, 2.45) is 5.73 Å². The van der Waals surface area contributed by atoms with E-state index < -0.39 is 0 Å². The first-order chi connectivity index (χ1) is 9.08. The maximum Gasteiger partial charge on any atom is 0.218 e. The Balaban J connectivity index is 2.20. The molecule has 4 N–H and O–H groups in total. The molecule has 2 rings (SSSR count). The van der Waals surface area contributed by atoms with E-state index in [0.717, 1.165) is 16.3 Å². The number of carbonyl (C=O) groups is 1. The number of carbonyl (C=O) groups excluding carboxylic acids is 1. The molecule has 0 spiro atoms. The van der Waals surface area contributed by atoms with Crippen LogP contribution in [0.2, 0.25) is 0 Å². The lowest BCUT2D eigenvalue weighted by molar-refractivity contribution is -0.118. The lowest BCUT2D eigenvalue weighted by Gasteiger charge is -2.14. The van der Waals surface area contributed by atoms with Crippen LogP contribution in [-0.4, -0.2) is 17.1 Å². The van der Waals surface area contributed by atoms with Gasteiger partial charge in [0.05, 0.1) is 0 Å². The molecule has 0 saturated carbocycles. The van der Waals surface area contributed by atoms with Gasteiger partial charge in [-0.2, -0.15) is 0 Å². The normalized spacial score (nSPS) is 12.5. The minimum Gasteiger partial charge on any atom is -0.508 e. The molecule has 2 aromatic carbocycles. The molecule has 4 heteroatoms. The second-order valence-electron chi connectivity index (χ2n) is 4.74. The van der Waals surface area contributed by atoms with Crippen molar-refractivity contribution in [1.82, 2.24) is 5.32 Å². The van der Waals surface area contributed by atoms with Crippen molar-refractivity contribution in [2.45, 2.75) is 25.9 Å². The zero-order valence-corrected chi connectivity index (χ0v) is 10.9. The summed E-state index contributed by atoms with van der Waals surface area (Å²) in [6.45, 7) is 2.40. The van der Waals surface area contributed by atoms with Crippen LogP contribution in [-0.2, 0) is 11.3 Å². The number of fused-ring (bicyclic) bond motifs is 1. The van der Waals surface area contributed by atoms with Crippen LogP contribution in [0.3, 0.4) is 0 Å². The number of phenols is 1. The maximum absolute atomic E-state index is 10.8. The van der Waals surface area contributed by atoms with E-state index >= 15 is 0 Å². The van der Waals surface area contributed by atoms with Crippen molar-refractivity contribution in [3.05, 3.63) is 42.0 Å². The molecule has 2 aromatic rings. The minimum absolute atomic E-state index is 0.0177. The SMILES string of the molecule is CC(CC(N)=O)NCc1c(O)ccc2ccccc12. The monoisotopic (exact) mass is 258 g/mol. The van der Waals surface area contributed by atoms with Gasteiger partial charge >= 0.3 is 0 Å². The van der Waals surface area contributed by atoms with Crippen LogP contribution < -0.4 is 11.1 Å². The largest absolute Gasteiger partial charge is 0.508 e. The van der Waals surface area contributed by atoms with Gasteiger partial charge in [-0.25, -0.2) is 0 Å². The number of nitrogens with two attached hydrogens (primary N) is 1. The van der Waals surface area contributed by atoms with Crippen molar-refractivity contribution in [1.29, 1.82) is 0 Å². The number of amides is 1. The average molecular weight is 258 g/mol. The lowest BCUT2D eigenvalue weighted by atomic mass is 10.0. The Morgan fingerprint density at radius 3 is 2.79 bits per heavy atom. The maximum atomic E-state index is 10.8. The zero-order chi connectivity index (χ0) is 13.8. The second kappa shape index (κ2) is 5.71. The smallest absolute Gasteiger partial charge is 0.218 e. The molecule has 1 atom stereocenters. The molecule has 19 heavy (non-hydrogen) atoms. The second-order valence-corrected chi connectivity index (χ2v) is 4.74. The van der Waals surface area contributed by atoms with Crippen molar-refractivity contribution in [2.75, 3.05) is 0 Å². The Kier molecular flexibility index (Phi) is 4.02. The highest BCUT2D eigenvalue weighted by Gasteiger charge is 2.09. The molecular formula is C15H18N2O2. The van der Waals surface area contributed by atoms with Gasteiger partial charge in [-0.15, -0.1) is 0 Å². The Labute approximate surface area is 112 Å². The van der Waals surface area contributed by atoms with E-state index in [9.17, 15) is 9.90 Å². The van der Waals surface area contributed by atoms with Crippen molar-refractivity contribution in [3.63, 3.8) is 0 Å². The molecule has 0 bridgehead atoms. The van der Waals surface area contributed by atoms with Gasteiger partial charge in [-0.05, 0) is 23.8 Å². The van der Waals surface area contributed by atoms with Crippen molar-refractivity contribution < 1.29 is 9.90 Å². The quantitative estimate of drug-likeness (QED) is 0.766. The Hall–Kier alpha value is -2.07. The van der Waals surface area contributed by atoms with Crippen molar-refractivity contribution in [3.8, 4) is 5.75 Å². The highest BCUT2D eigenvalue weighted by Crippen LogP contribution is 2.26. The summed E-state index contributed by atoms with van der Waals surface area (Å²) in [7, 11) is 0. The van der Waals surface area contributed by atoms with E-state index in [1.165, 1.54) is 0 Å². The van der Waals surface area contributed by atoms with Gasteiger partial charge in [0.15, 0.2) is 0 Å². The van der Waals surface area contributed by atoms with Gasteiger partial charge in [0.1, 0.15) is 5.75 Å². The Bertz CT molecular complexity index is 596. The molecule has 0 radical (unpaired) electrons. The molecule has 100 valence electrons. The predicted octanol–water partition coefficient (Wildman–Crippen LogP) is 1.90. The summed E-state index contributed by atoms with van der Waals surface area (Å²) in [4.78, 5) is 10.8. The van der Waals surface area contributed by atoms with Gasteiger partial charge in [0.2, 0.25) is 5.91 Å². The van der Waals surface area contributed by atoms with Crippen LogP contribution in [0.25, 0.3) is 10.8 Å². The molecule has 0 heterocycles. The fourth-order valence-electron chi connectivity index (χ4n) is 2.16. The molecule has 0 fully saturated rings. The van der Waals surface area contributed by atoms with E-state index in [4.69, 9.17) is 5.73 Å². The molecule has 1 amide bonds. The molecule has 0 saturated heterocycles. The molecule has 0 aliphatic rings. The highest BCUT2D eigenvalue weighted by molar-refractivity contribution is 5.87. The summed E-state index contributed by atoms with van der Waals surface area (Å²) in [5.41, 5.74) is 6.00. The summed E-state index contributed by atoms with van der Waals surface area (Å²) in [6, 6.07) is 11.5. The number of benzene rings is 2. The van der Waals surface area contributed by atoms with Gasteiger partial charge in [-0.1, -0.05) is 30.3 Å². The first kappa shape index (κ1) is 13.4. The predicted molar refractivity (Wildman–Crippen MR) is 75.7 cm³/mol. The van der Waals surface area contributed by atoms with Crippen molar-refractivity contribution >= 4 is 16.7 Å². The van der Waals surface area contributed by atoms with Crippen LogP contribution in [0, 0.1) is 0 Å². The van der Waals surface area contributed by atoms with Crippen LogP contribution in [0.4, 0.5) is 0 Å². The molecule has 1 unspecified atom stereocenters. The van der Waals surface area contributed by atoms with E-state index in [1.807, 2.05) is 37.3 Å². The van der Waals surface area contributed by atoms with Gasteiger partial charge in [0, 0.05) is 24.6 Å². The minimum atomic E-state index is -0.331. The third-order valence-electron chi connectivity index (χ3n) is 3.15. The van der Waals surface area contributed by atoms with Gasteiger partial charge in [-0.3, -0.25) is 4.79 Å². The van der Waals surface area contributed by atoms with Crippen LogP contribution in [0.1, 0.15) is 18.9 Å². The van der Waals surface area contributed by atoms with E-state index in [0.29, 0.717) is 6.54 Å². The summed E-state index contributed by atoms with van der Waals surface area (Å²) in [5, 5.41) is 15.3. The fraction of sp³-hybridized carbons (Fsp3) is 0.267. The third kappa shape index (κ3) is 3.23. The molecule has 0 aliphatic carbocycles. The van der Waals surface area contributed by atoms with Crippen LogP contribution in [0.15, 0.2) is 36.4 Å². The first-order valence-electron chi connectivity index (χ1n) is 6.29. The molecule has 0 aliphatic heterocycles. The van der Waals surface area contributed by atoms with Gasteiger partial charge in [0.25, 0.3) is 0 Å². The fourth-order valence-corrected chi connectivity index (χ4v) is 2.16. The Morgan fingerprint density at radius 1 is 1.32 bits per heavy atom. The molecule has 0 aromatic heterocycles. The topological polar surface area (TPSA) is 75.4 Å². The number of aromatic hydroxyl groups is 1. The molecule has 4 nitrogen and oxygen atoms in total. The summed E-state index contributed by atoms with van der Waals surface area (Å²) in [6.07, 6.45) is 0.283. The Morgan fingerprint density at radius 2 is 2.05 bits per heavy atom. The van der Waals surface area contributed by atoms with Gasteiger partial charge < -0.3 is 16.2 Å². The van der Waals surface area contributed by atoms with Crippen LogP contribution >= 0.6 is 0 Å². The number of phenolic OH excluding ortho intramolecular Hbond substituents is 1. The summed E-state index contributed by atoms with van der Waals surface area (Å²) >= 11 is 0. The average Bonchev–Trinajstić information content (AvgIpc) is 2.36. The highest BCUT2D eigenvalue weighted by atomic mass is 16.3. The number of hydrogen-bond acceptors (Lipinski definition) is 3. The summed E-state index contributed by atoms with van der Waals surface area (Å²) < 4.78 is 0. The van der Waals surface area contributed by atoms with E-state index in [2.05, 4.69) is 5.32 Å². The zero-order valence-electron chi connectivity index (χ0n) is 10.9. The lowest BCUT2D eigenvalue weighted by Crippen LogP contribution is -2.30. The van der Waals surface area contributed by atoms with Crippen LogP contribution in [0.5, 0.6) is 5.75 Å². The van der Waals surface area contributed by atoms with E-state index in [1.54, 1.807) is 6.07 Å². The standard InChI is InChI=1S/C15H18N2O2/c1-10(8-15(16)19)17-9-13-12-5-3-2-4-11(12)6-7-14(13)18/h2-7,10,17-18H,8-9H2,1H3,(H2,16,19). The number of primary amides is 1. The number of rotatable bonds is 5. The van der Waals surface area contributed by atoms with E-state index in [-0.39, 0.29) is 24.1 Å². The third-order valence-corrected chi connectivity index (χ3v) is 3.15. The first-order valence-corrected chi connectivity index (χ1v) is 6.29. The molecular weight excluding hydrogens is 240 g/mol.